The summed E-state index contributed by atoms with van der Waals surface area (Å²) in [5, 5.41) is 0. The molecule has 4 heteroatoms. The van der Waals surface area contributed by atoms with Crippen LogP contribution in [0.3, 0.4) is 0 Å². The third-order valence-electron chi connectivity index (χ3n) is 2.59. The van der Waals surface area contributed by atoms with E-state index in [4.69, 9.17) is 4.74 Å². The van der Waals surface area contributed by atoms with Gasteiger partial charge in [0.2, 0.25) is 11.8 Å². The molecule has 1 aliphatic carbocycles. The average molecular weight is 230 g/mol. The lowest BCUT2D eigenvalue weighted by atomic mass is 10.3. The highest BCUT2D eigenvalue weighted by atomic mass is 16.5. The molecule has 1 aromatic heterocycles. The van der Waals surface area contributed by atoms with Gasteiger partial charge >= 0.3 is 0 Å². The number of carbonyl (C=O) groups excluding carboxylic acids is 1. The van der Waals surface area contributed by atoms with E-state index in [1.807, 2.05) is 0 Å². The van der Waals surface area contributed by atoms with Crippen molar-refractivity contribution in [3.63, 3.8) is 0 Å². The molecule has 2 rings (SSSR count). The molecule has 88 valence electrons. The average Bonchev–Trinajstić information content (AvgIpc) is 3.20. The van der Waals surface area contributed by atoms with Gasteiger partial charge in [-0.15, -0.1) is 5.73 Å². The van der Waals surface area contributed by atoms with Crippen LogP contribution in [0.4, 0.5) is 5.69 Å². The van der Waals surface area contributed by atoms with Crippen LogP contribution in [0, 0.1) is 5.92 Å². The number of aromatic nitrogens is 1. The van der Waals surface area contributed by atoms with E-state index in [0.717, 1.165) is 12.8 Å². The second-order valence-corrected chi connectivity index (χ2v) is 3.87. The van der Waals surface area contributed by atoms with Gasteiger partial charge in [0.25, 0.3) is 0 Å². The van der Waals surface area contributed by atoms with E-state index < -0.39 is 0 Å². The minimum absolute atomic E-state index is 0.0770. The number of hydrogen-bond donors (Lipinski definition) is 0. The van der Waals surface area contributed by atoms with Gasteiger partial charge in [-0.2, -0.15) is 0 Å². The lowest BCUT2D eigenvalue weighted by Gasteiger charge is -2.17. The van der Waals surface area contributed by atoms with E-state index in [1.165, 1.54) is 4.90 Å². The molecule has 0 saturated heterocycles. The van der Waals surface area contributed by atoms with Crippen LogP contribution in [0.15, 0.2) is 36.8 Å². The standard InChI is InChI=1S/C13H14N2O2/c1-3-8-15(13(16)10-4-5-10)11-6-7-12(17-2)14-9-11/h6-10H,1,4-5H2,2H3. The summed E-state index contributed by atoms with van der Waals surface area (Å²) >= 11 is 0. The number of pyridine rings is 1. The van der Waals surface area contributed by atoms with E-state index in [9.17, 15) is 4.79 Å². The number of amides is 1. The molecule has 0 aromatic carbocycles. The van der Waals surface area contributed by atoms with Crippen LogP contribution < -0.4 is 9.64 Å². The van der Waals surface area contributed by atoms with Crippen molar-refractivity contribution in [1.82, 2.24) is 4.98 Å². The Labute approximate surface area is 100 Å². The molecule has 1 heterocycles. The molecule has 1 aromatic rings. The summed E-state index contributed by atoms with van der Waals surface area (Å²) < 4.78 is 4.98. The zero-order chi connectivity index (χ0) is 12.3. The highest BCUT2D eigenvalue weighted by Gasteiger charge is 2.33. The Morgan fingerprint density at radius 2 is 2.41 bits per heavy atom. The fourth-order valence-electron chi connectivity index (χ4n) is 1.52. The first-order valence-electron chi connectivity index (χ1n) is 5.45. The molecule has 0 aliphatic heterocycles. The molecule has 0 spiro atoms. The van der Waals surface area contributed by atoms with Gasteiger partial charge < -0.3 is 4.74 Å². The lowest BCUT2D eigenvalue weighted by Crippen LogP contribution is -2.26. The molecule has 1 saturated carbocycles. The largest absolute Gasteiger partial charge is 0.481 e. The number of hydrogen-bond acceptors (Lipinski definition) is 3. The maximum absolute atomic E-state index is 12.0. The minimum atomic E-state index is 0.0770. The summed E-state index contributed by atoms with van der Waals surface area (Å²) in [4.78, 5) is 17.6. The van der Waals surface area contributed by atoms with E-state index in [0.29, 0.717) is 11.6 Å². The molecule has 1 fully saturated rings. The molecule has 1 amide bonds. The summed E-state index contributed by atoms with van der Waals surface area (Å²) in [7, 11) is 1.55. The van der Waals surface area contributed by atoms with E-state index in [-0.39, 0.29) is 11.8 Å². The first-order valence-corrected chi connectivity index (χ1v) is 5.45. The fourth-order valence-corrected chi connectivity index (χ4v) is 1.52. The summed E-state index contributed by atoms with van der Waals surface area (Å²) in [6.45, 7) is 3.50. The van der Waals surface area contributed by atoms with Gasteiger partial charge in [0.15, 0.2) is 0 Å². The predicted molar refractivity (Wildman–Crippen MR) is 64.7 cm³/mol. The van der Waals surface area contributed by atoms with Crippen molar-refractivity contribution in [3.05, 3.63) is 36.8 Å². The van der Waals surface area contributed by atoms with Crippen molar-refractivity contribution in [1.29, 1.82) is 0 Å². The van der Waals surface area contributed by atoms with Crippen molar-refractivity contribution >= 4 is 11.6 Å². The maximum Gasteiger partial charge on any atom is 0.234 e. The zero-order valence-corrected chi connectivity index (χ0v) is 9.72. The molecular formula is C13H14N2O2. The predicted octanol–water partition coefficient (Wildman–Crippen LogP) is 2.13. The summed E-state index contributed by atoms with van der Waals surface area (Å²) in [6.07, 6.45) is 5.07. The van der Waals surface area contributed by atoms with Crippen molar-refractivity contribution in [2.45, 2.75) is 12.8 Å². The molecule has 0 N–H and O–H groups in total. The molecule has 0 bridgehead atoms. The smallest absolute Gasteiger partial charge is 0.234 e. The summed E-state index contributed by atoms with van der Waals surface area (Å²) in [5.74, 6) is 0.741. The van der Waals surface area contributed by atoms with Crippen molar-refractivity contribution < 1.29 is 9.53 Å². The van der Waals surface area contributed by atoms with Gasteiger partial charge in [-0.25, -0.2) is 4.98 Å². The molecule has 0 unspecified atom stereocenters. The number of anilines is 1. The molecule has 0 atom stereocenters. The highest BCUT2D eigenvalue weighted by Crippen LogP contribution is 2.32. The summed E-state index contributed by atoms with van der Waals surface area (Å²) in [5.41, 5.74) is 3.34. The third-order valence-corrected chi connectivity index (χ3v) is 2.59. The molecule has 0 radical (unpaired) electrons. The van der Waals surface area contributed by atoms with Gasteiger partial charge in [-0.3, -0.25) is 9.69 Å². The number of methoxy groups -OCH3 is 1. The minimum Gasteiger partial charge on any atom is -0.481 e. The quantitative estimate of drug-likeness (QED) is 0.744. The van der Waals surface area contributed by atoms with Gasteiger partial charge in [-0.05, 0) is 18.9 Å². The number of nitrogens with zero attached hydrogens (tertiary/aromatic N) is 2. The first-order chi connectivity index (χ1) is 8.26. The van der Waals surface area contributed by atoms with E-state index in [2.05, 4.69) is 17.3 Å². The molecule has 4 nitrogen and oxygen atoms in total. The monoisotopic (exact) mass is 230 g/mol. The van der Waals surface area contributed by atoms with E-state index >= 15 is 0 Å². The molecular weight excluding hydrogens is 216 g/mol. The van der Waals surface area contributed by atoms with Crippen molar-refractivity contribution in [3.8, 4) is 5.88 Å². The Balaban J connectivity index is 2.24. The van der Waals surface area contributed by atoms with Crippen LogP contribution in [0.1, 0.15) is 12.8 Å². The van der Waals surface area contributed by atoms with Crippen LogP contribution in [0.5, 0.6) is 5.88 Å². The first kappa shape index (κ1) is 11.4. The Bertz CT molecular complexity index is 457. The maximum atomic E-state index is 12.0. The Kier molecular flexibility index (Phi) is 3.26. The second kappa shape index (κ2) is 4.85. The summed E-state index contributed by atoms with van der Waals surface area (Å²) in [6, 6.07) is 3.51. The Morgan fingerprint density at radius 1 is 1.65 bits per heavy atom. The van der Waals surface area contributed by atoms with E-state index in [1.54, 1.807) is 31.6 Å². The number of carbonyl (C=O) groups is 1. The van der Waals surface area contributed by atoms with Crippen LogP contribution in [-0.4, -0.2) is 18.0 Å². The second-order valence-electron chi connectivity index (χ2n) is 3.87. The Morgan fingerprint density at radius 3 is 2.88 bits per heavy atom. The fraction of sp³-hybridized carbons (Fsp3) is 0.308. The van der Waals surface area contributed by atoms with Crippen LogP contribution in [0.2, 0.25) is 0 Å². The van der Waals surface area contributed by atoms with Crippen LogP contribution >= 0.6 is 0 Å². The van der Waals surface area contributed by atoms with Gasteiger partial charge in [0.05, 0.1) is 25.2 Å². The van der Waals surface area contributed by atoms with Crippen molar-refractivity contribution in [2.24, 2.45) is 5.92 Å². The molecule has 1 aliphatic rings. The Hall–Kier alpha value is -2.06. The lowest BCUT2D eigenvalue weighted by molar-refractivity contribution is -0.119. The van der Waals surface area contributed by atoms with Gasteiger partial charge in [0.1, 0.15) is 0 Å². The van der Waals surface area contributed by atoms with Crippen LogP contribution in [0.25, 0.3) is 0 Å². The highest BCUT2D eigenvalue weighted by molar-refractivity contribution is 5.97. The molecule has 17 heavy (non-hydrogen) atoms. The van der Waals surface area contributed by atoms with Gasteiger partial charge in [0, 0.05) is 12.0 Å². The number of ether oxygens (including phenoxy) is 1. The normalized spacial score (nSPS) is 13.7. The van der Waals surface area contributed by atoms with Gasteiger partial charge in [-0.1, -0.05) is 6.58 Å². The van der Waals surface area contributed by atoms with Crippen molar-refractivity contribution in [2.75, 3.05) is 12.0 Å². The zero-order valence-electron chi connectivity index (χ0n) is 9.72. The SMILES string of the molecule is C=C=CN(C(=O)C1CC1)c1ccc(OC)nc1. The topological polar surface area (TPSA) is 42.4 Å². The number of rotatable bonds is 4. The van der Waals surface area contributed by atoms with Crippen LogP contribution in [-0.2, 0) is 4.79 Å². The third kappa shape index (κ3) is 2.55.